The molecule has 0 heterocycles. The number of rotatable bonds is 6. The zero-order chi connectivity index (χ0) is 21.3. The van der Waals surface area contributed by atoms with Crippen molar-refractivity contribution < 1.29 is 9.53 Å². The standard InChI is InChI=1S/C23H22BrN3O2S/c1-16(18-7-3-2-4-8-18)25-23(30)27-26-22(28)19-9-5-6-17(14-19)15-29-21-12-10-20(24)11-13-21/h2-14,16H,15H2,1H3,(H,26,28)(H2,25,27,30)/t16-/m1/s1. The lowest BCUT2D eigenvalue weighted by atomic mass is 10.1. The van der Waals surface area contributed by atoms with Gasteiger partial charge in [-0.2, -0.15) is 0 Å². The highest BCUT2D eigenvalue weighted by atomic mass is 79.9. The molecule has 0 aliphatic rings. The van der Waals surface area contributed by atoms with Gasteiger partial charge in [0.1, 0.15) is 12.4 Å². The maximum atomic E-state index is 12.5. The van der Waals surface area contributed by atoms with E-state index in [2.05, 4.69) is 32.1 Å². The third-order valence-electron chi connectivity index (χ3n) is 4.35. The molecule has 3 rings (SSSR count). The molecule has 0 spiro atoms. The zero-order valence-corrected chi connectivity index (χ0v) is 18.8. The fraction of sp³-hybridized carbons (Fsp3) is 0.130. The summed E-state index contributed by atoms with van der Waals surface area (Å²) in [6.07, 6.45) is 0. The van der Waals surface area contributed by atoms with Gasteiger partial charge in [0.05, 0.1) is 6.04 Å². The summed E-state index contributed by atoms with van der Waals surface area (Å²) < 4.78 is 6.76. The number of hydrazine groups is 1. The largest absolute Gasteiger partial charge is 0.489 e. The van der Waals surface area contributed by atoms with Crippen molar-refractivity contribution in [3.05, 3.63) is 100 Å². The fourth-order valence-electron chi connectivity index (χ4n) is 2.74. The van der Waals surface area contributed by atoms with Gasteiger partial charge in [0.15, 0.2) is 5.11 Å². The molecule has 30 heavy (non-hydrogen) atoms. The molecule has 0 aromatic heterocycles. The van der Waals surface area contributed by atoms with Crippen molar-refractivity contribution in [2.45, 2.75) is 19.6 Å². The normalized spacial score (nSPS) is 11.3. The van der Waals surface area contributed by atoms with Gasteiger partial charge in [-0.1, -0.05) is 58.4 Å². The Bertz CT molecular complexity index is 997. The second kappa shape index (κ2) is 10.8. The van der Waals surface area contributed by atoms with Gasteiger partial charge in [-0.25, -0.2) is 0 Å². The number of halogens is 1. The summed E-state index contributed by atoms with van der Waals surface area (Å²) in [6, 6.07) is 24.8. The Balaban J connectivity index is 1.49. The van der Waals surface area contributed by atoms with Crippen LogP contribution in [0.15, 0.2) is 83.3 Å². The molecule has 1 atom stereocenters. The van der Waals surface area contributed by atoms with Crippen LogP contribution in [0, 0.1) is 0 Å². The number of carbonyl (C=O) groups excluding carboxylic acids is 1. The first-order valence-corrected chi connectivity index (χ1v) is 10.6. The quantitative estimate of drug-likeness (QED) is 0.343. The van der Waals surface area contributed by atoms with Crippen molar-refractivity contribution in [2.24, 2.45) is 0 Å². The Morgan fingerprint density at radius 3 is 2.47 bits per heavy atom. The van der Waals surface area contributed by atoms with Crippen LogP contribution in [0.5, 0.6) is 5.75 Å². The van der Waals surface area contributed by atoms with Crippen molar-refractivity contribution in [3.63, 3.8) is 0 Å². The van der Waals surface area contributed by atoms with E-state index in [1.165, 1.54) is 0 Å². The lowest BCUT2D eigenvalue weighted by molar-refractivity contribution is 0.0943. The SMILES string of the molecule is C[C@@H](NC(=S)NNC(=O)c1cccc(COc2ccc(Br)cc2)c1)c1ccccc1. The van der Waals surface area contributed by atoms with Gasteiger partial charge in [0.2, 0.25) is 0 Å². The Kier molecular flexibility index (Phi) is 7.82. The van der Waals surface area contributed by atoms with Gasteiger partial charge in [-0.3, -0.25) is 15.6 Å². The van der Waals surface area contributed by atoms with Crippen LogP contribution in [-0.2, 0) is 6.61 Å². The first kappa shape index (κ1) is 21.8. The van der Waals surface area contributed by atoms with Crippen molar-refractivity contribution in [2.75, 3.05) is 0 Å². The minimum Gasteiger partial charge on any atom is -0.489 e. The van der Waals surface area contributed by atoms with Gasteiger partial charge in [0, 0.05) is 10.0 Å². The average Bonchev–Trinajstić information content (AvgIpc) is 2.78. The summed E-state index contributed by atoms with van der Waals surface area (Å²) in [7, 11) is 0. The summed E-state index contributed by atoms with van der Waals surface area (Å²) in [5.74, 6) is 0.482. The average molecular weight is 484 g/mol. The van der Waals surface area contributed by atoms with Crippen LogP contribution in [0.25, 0.3) is 0 Å². The minimum absolute atomic E-state index is 0.0159. The third kappa shape index (κ3) is 6.57. The lowest BCUT2D eigenvalue weighted by Gasteiger charge is -2.17. The molecule has 3 aromatic rings. The second-order valence-electron chi connectivity index (χ2n) is 6.63. The molecule has 7 heteroatoms. The predicted octanol–water partition coefficient (Wildman–Crippen LogP) is 4.90. The summed E-state index contributed by atoms with van der Waals surface area (Å²) in [6.45, 7) is 2.37. The molecule has 0 unspecified atom stereocenters. The molecule has 0 radical (unpaired) electrons. The van der Waals surface area contributed by atoms with Crippen molar-refractivity contribution in [1.29, 1.82) is 0 Å². The van der Waals surface area contributed by atoms with E-state index < -0.39 is 0 Å². The highest BCUT2D eigenvalue weighted by Crippen LogP contribution is 2.17. The molecular formula is C23H22BrN3O2S. The monoisotopic (exact) mass is 483 g/mol. The van der Waals surface area contributed by atoms with Crippen LogP contribution < -0.4 is 20.9 Å². The summed E-state index contributed by atoms with van der Waals surface area (Å²) >= 11 is 8.67. The van der Waals surface area contributed by atoms with Crippen LogP contribution in [0.4, 0.5) is 0 Å². The van der Waals surface area contributed by atoms with E-state index in [4.69, 9.17) is 17.0 Å². The highest BCUT2D eigenvalue weighted by molar-refractivity contribution is 9.10. The van der Waals surface area contributed by atoms with Crippen molar-refractivity contribution in [3.8, 4) is 5.75 Å². The molecule has 5 nitrogen and oxygen atoms in total. The molecule has 0 aliphatic heterocycles. The molecule has 3 aromatic carbocycles. The molecule has 3 N–H and O–H groups in total. The van der Waals surface area contributed by atoms with Crippen LogP contribution in [0.3, 0.4) is 0 Å². The van der Waals surface area contributed by atoms with Crippen molar-refractivity contribution >= 4 is 39.2 Å². The number of hydrogen-bond donors (Lipinski definition) is 3. The molecule has 0 aliphatic carbocycles. The number of hydrogen-bond acceptors (Lipinski definition) is 3. The number of nitrogens with one attached hydrogen (secondary N) is 3. The number of ether oxygens (including phenoxy) is 1. The molecule has 0 saturated heterocycles. The Morgan fingerprint density at radius 1 is 1.00 bits per heavy atom. The molecule has 1 amide bonds. The third-order valence-corrected chi connectivity index (χ3v) is 5.09. The number of thiocarbonyl (C=S) groups is 1. The molecular weight excluding hydrogens is 462 g/mol. The highest BCUT2D eigenvalue weighted by Gasteiger charge is 2.09. The lowest BCUT2D eigenvalue weighted by Crippen LogP contribution is -2.47. The molecule has 0 bridgehead atoms. The zero-order valence-electron chi connectivity index (χ0n) is 16.4. The molecule has 154 valence electrons. The van der Waals surface area contributed by atoms with Crippen LogP contribution in [-0.4, -0.2) is 11.0 Å². The van der Waals surface area contributed by atoms with Gasteiger partial charge < -0.3 is 10.1 Å². The Morgan fingerprint density at radius 2 is 1.73 bits per heavy atom. The van der Waals surface area contributed by atoms with Crippen molar-refractivity contribution in [1.82, 2.24) is 16.2 Å². The Labute approximate surface area is 189 Å². The van der Waals surface area contributed by atoms with Crippen LogP contribution >= 0.6 is 28.1 Å². The number of benzene rings is 3. The maximum Gasteiger partial charge on any atom is 0.269 e. The van der Waals surface area contributed by atoms with E-state index >= 15 is 0 Å². The van der Waals surface area contributed by atoms with Gasteiger partial charge in [-0.05, 0) is 66.7 Å². The first-order valence-electron chi connectivity index (χ1n) is 9.40. The van der Waals surface area contributed by atoms with E-state index in [1.807, 2.05) is 73.7 Å². The van der Waals surface area contributed by atoms with Gasteiger partial charge in [-0.15, -0.1) is 0 Å². The predicted molar refractivity (Wildman–Crippen MR) is 126 cm³/mol. The van der Waals surface area contributed by atoms with E-state index in [1.54, 1.807) is 12.1 Å². The maximum absolute atomic E-state index is 12.5. The molecule has 0 saturated carbocycles. The van der Waals surface area contributed by atoms with Crippen LogP contribution in [0.2, 0.25) is 0 Å². The summed E-state index contributed by atoms with van der Waals surface area (Å²) in [5, 5.41) is 3.48. The van der Waals surface area contributed by atoms with E-state index in [-0.39, 0.29) is 11.9 Å². The second-order valence-corrected chi connectivity index (χ2v) is 7.95. The number of carbonyl (C=O) groups is 1. The van der Waals surface area contributed by atoms with E-state index in [0.29, 0.717) is 17.3 Å². The van der Waals surface area contributed by atoms with E-state index in [9.17, 15) is 4.79 Å². The number of amides is 1. The van der Waals surface area contributed by atoms with E-state index in [0.717, 1.165) is 21.3 Å². The summed E-state index contributed by atoms with van der Waals surface area (Å²) in [4.78, 5) is 12.5. The van der Waals surface area contributed by atoms with Gasteiger partial charge in [0.25, 0.3) is 5.91 Å². The molecule has 0 fully saturated rings. The first-order chi connectivity index (χ1) is 14.5. The summed E-state index contributed by atoms with van der Waals surface area (Å²) in [5.41, 5.74) is 7.88. The van der Waals surface area contributed by atoms with Crippen LogP contribution in [0.1, 0.15) is 34.5 Å². The van der Waals surface area contributed by atoms with Gasteiger partial charge >= 0.3 is 0 Å². The Hall–Kier alpha value is -2.90. The fourth-order valence-corrected chi connectivity index (χ4v) is 3.24. The smallest absolute Gasteiger partial charge is 0.269 e. The topological polar surface area (TPSA) is 62.4 Å². The minimum atomic E-state index is -0.281.